The highest BCUT2D eigenvalue weighted by Crippen LogP contribution is 2.40. The number of aryl methyl sites for hydroxylation is 1. The molecule has 0 saturated carbocycles. The van der Waals surface area contributed by atoms with Crippen molar-refractivity contribution >= 4 is 28.6 Å². The number of carbonyl (C=O) groups excluding carboxylic acids is 1. The van der Waals surface area contributed by atoms with Crippen molar-refractivity contribution in [1.29, 1.82) is 0 Å². The summed E-state index contributed by atoms with van der Waals surface area (Å²) in [5, 5.41) is 9.16. The molecule has 1 aromatic heterocycles. The maximum absolute atomic E-state index is 12.2. The van der Waals surface area contributed by atoms with Crippen LogP contribution >= 0.6 is 0 Å². The van der Waals surface area contributed by atoms with Gasteiger partial charge in [0.1, 0.15) is 6.29 Å². The number of rotatable bonds is 6. The molecule has 1 unspecified atom stereocenters. The van der Waals surface area contributed by atoms with Gasteiger partial charge in [0.25, 0.3) is 0 Å². The summed E-state index contributed by atoms with van der Waals surface area (Å²) in [6.45, 7) is 4.25. The number of aromatic amines is 1. The van der Waals surface area contributed by atoms with Gasteiger partial charge in [0.2, 0.25) is 0 Å². The molecule has 0 amide bonds. The van der Waals surface area contributed by atoms with E-state index >= 15 is 0 Å². The third kappa shape index (κ3) is 2.93. The van der Waals surface area contributed by atoms with Crippen molar-refractivity contribution in [2.75, 3.05) is 12.4 Å². The second-order valence-corrected chi connectivity index (χ2v) is 8.07. The van der Waals surface area contributed by atoms with E-state index in [2.05, 4.69) is 46.8 Å². The molecule has 2 bridgehead atoms. The normalized spacial score (nSPS) is 18.1. The standard InChI is InChI=1S/C23H30N4O/c1-4-9-23(5-2,14-28)18-12-19-17(11-20(18)24-3)16-8-6-7-15-10-21(22(16)26-19)27-25-13-15/h11-14,24-26H,4-10H2,1-3H3. The van der Waals surface area contributed by atoms with Gasteiger partial charge in [-0.3, -0.25) is 5.43 Å². The topological polar surface area (TPSA) is 69.3 Å². The first-order valence-electron chi connectivity index (χ1n) is 10.5. The second kappa shape index (κ2) is 7.46. The highest BCUT2D eigenvalue weighted by molar-refractivity contribution is 6.07. The molecule has 1 aliphatic heterocycles. The Bertz CT molecular complexity index is 969. The molecule has 1 aromatic carbocycles. The van der Waals surface area contributed by atoms with Gasteiger partial charge in [-0.2, -0.15) is 5.10 Å². The van der Waals surface area contributed by atoms with Gasteiger partial charge >= 0.3 is 0 Å². The first kappa shape index (κ1) is 18.8. The average molecular weight is 379 g/mol. The molecule has 1 aliphatic carbocycles. The maximum atomic E-state index is 12.2. The fraction of sp³-hybridized carbons (Fsp3) is 0.478. The first-order chi connectivity index (χ1) is 13.7. The van der Waals surface area contributed by atoms with Crippen molar-refractivity contribution in [2.24, 2.45) is 5.10 Å². The Labute approximate surface area is 166 Å². The quantitative estimate of drug-likeness (QED) is 0.634. The molecule has 0 radical (unpaired) electrons. The molecule has 2 aliphatic rings. The van der Waals surface area contributed by atoms with E-state index in [4.69, 9.17) is 0 Å². The lowest BCUT2D eigenvalue weighted by atomic mass is 9.75. The third-order valence-electron chi connectivity index (χ3n) is 6.48. The van der Waals surface area contributed by atoms with Crippen molar-refractivity contribution in [2.45, 2.75) is 64.2 Å². The van der Waals surface area contributed by atoms with Crippen LogP contribution in [0.2, 0.25) is 0 Å². The van der Waals surface area contributed by atoms with E-state index in [1.165, 1.54) is 16.5 Å². The van der Waals surface area contributed by atoms with E-state index in [-0.39, 0.29) is 0 Å². The molecule has 5 nitrogen and oxygen atoms in total. The van der Waals surface area contributed by atoms with Crippen LogP contribution in [0.1, 0.15) is 69.2 Å². The van der Waals surface area contributed by atoms with E-state index in [9.17, 15) is 4.79 Å². The lowest BCUT2D eigenvalue weighted by Crippen LogP contribution is -2.28. The molecule has 0 spiro atoms. The predicted octanol–water partition coefficient (Wildman–Crippen LogP) is 4.77. The summed E-state index contributed by atoms with van der Waals surface area (Å²) < 4.78 is 0. The minimum absolute atomic E-state index is 0.444. The second-order valence-electron chi connectivity index (χ2n) is 8.07. The number of hydrogen-bond donors (Lipinski definition) is 3. The summed E-state index contributed by atoms with van der Waals surface area (Å²) in [6, 6.07) is 4.44. The zero-order valence-electron chi connectivity index (χ0n) is 17.1. The summed E-state index contributed by atoms with van der Waals surface area (Å²) in [5.74, 6) is 0. The van der Waals surface area contributed by atoms with Gasteiger partial charge in [-0.15, -0.1) is 0 Å². The molecule has 4 rings (SSSR count). The largest absolute Gasteiger partial charge is 0.388 e. The minimum Gasteiger partial charge on any atom is -0.388 e. The van der Waals surface area contributed by atoms with Gasteiger partial charge in [0.05, 0.1) is 16.8 Å². The van der Waals surface area contributed by atoms with Crippen molar-refractivity contribution in [3.8, 4) is 0 Å². The molecular weight excluding hydrogens is 348 g/mol. The Hall–Kier alpha value is -2.56. The molecule has 28 heavy (non-hydrogen) atoms. The van der Waals surface area contributed by atoms with Crippen LogP contribution < -0.4 is 10.7 Å². The van der Waals surface area contributed by atoms with Gasteiger partial charge < -0.3 is 15.1 Å². The molecule has 0 fully saturated rings. The Morgan fingerprint density at radius 2 is 2.14 bits per heavy atom. The molecule has 2 heterocycles. The number of aromatic nitrogens is 1. The van der Waals surface area contributed by atoms with Gasteiger partial charge in [0, 0.05) is 36.3 Å². The van der Waals surface area contributed by atoms with Gasteiger partial charge in [-0.1, -0.05) is 20.3 Å². The fourth-order valence-electron chi connectivity index (χ4n) is 4.88. The third-order valence-corrected chi connectivity index (χ3v) is 6.48. The van der Waals surface area contributed by atoms with Crippen LogP contribution in [0.4, 0.5) is 5.69 Å². The molecular formula is C23H30N4O. The van der Waals surface area contributed by atoms with Crippen LogP contribution in [0.5, 0.6) is 0 Å². The predicted molar refractivity (Wildman–Crippen MR) is 116 cm³/mol. The number of H-pyrrole nitrogens is 1. The van der Waals surface area contributed by atoms with E-state index in [1.807, 2.05) is 13.2 Å². The number of nitrogens with zero attached hydrogens (tertiary/aromatic N) is 1. The van der Waals surface area contributed by atoms with E-state index in [1.54, 1.807) is 0 Å². The number of hydrogen-bond acceptors (Lipinski definition) is 4. The van der Waals surface area contributed by atoms with E-state index in [0.29, 0.717) is 0 Å². The zero-order valence-corrected chi connectivity index (χ0v) is 17.1. The van der Waals surface area contributed by atoms with Gasteiger partial charge in [-0.25, -0.2) is 0 Å². The summed E-state index contributed by atoms with van der Waals surface area (Å²) in [4.78, 5) is 15.9. The highest BCUT2D eigenvalue weighted by atomic mass is 16.1. The SMILES string of the molecule is CCCC(C=O)(CC)c1cc2[nH]c3c(c2cc1NC)CCCC1=CNN=C3C1. The number of fused-ring (bicyclic) bond motifs is 6. The monoisotopic (exact) mass is 378 g/mol. The summed E-state index contributed by atoms with van der Waals surface area (Å²) in [5.41, 5.74) is 10.9. The van der Waals surface area contributed by atoms with Gasteiger partial charge in [-0.05, 0) is 60.9 Å². The van der Waals surface area contributed by atoms with Crippen molar-refractivity contribution in [3.05, 3.63) is 40.7 Å². The zero-order chi connectivity index (χ0) is 19.7. The molecule has 148 valence electrons. The molecule has 5 heteroatoms. The molecule has 1 atom stereocenters. The number of benzene rings is 1. The van der Waals surface area contributed by atoms with Gasteiger partial charge in [0.15, 0.2) is 0 Å². The molecule has 3 N–H and O–H groups in total. The number of aldehydes is 1. The molecule has 0 saturated heterocycles. The Balaban J connectivity index is 1.92. The Morgan fingerprint density at radius 1 is 1.29 bits per heavy atom. The van der Waals surface area contributed by atoms with Crippen molar-refractivity contribution in [1.82, 2.24) is 10.4 Å². The first-order valence-corrected chi connectivity index (χ1v) is 10.5. The van der Waals surface area contributed by atoms with E-state index in [0.717, 1.165) is 79.4 Å². The lowest BCUT2D eigenvalue weighted by molar-refractivity contribution is -0.113. The summed E-state index contributed by atoms with van der Waals surface area (Å²) >= 11 is 0. The minimum atomic E-state index is -0.444. The van der Waals surface area contributed by atoms with Crippen LogP contribution in [0.25, 0.3) is 10.9 Å². The average Bonchev–Trinajstić information content (AvgIpc) is 3.08. The number of nitrogens with one attached hydrogen (secondary N) is 3. The van der Waals surface area contributed by atoms with E-state index < -0.39 is 5.41 Å². The van der Waals surface area contributed by atoms with Crippen molar-refractivity contribution in [3.63, 3.8) is 0 Å². The number of carbonyl (C=O) groups is 1. The van der Waals surface area contributed by atoms with Crippen LogP contribution in [-0.4, -0.2) is 24.0 Å². The fourth-order valence-corrected chi connectivity index (χ4v) is 4.88. The van der Waals surface area contributed by atoms with Crippen LogP contribution in [0, 0.1) is 0 Å². The Kier molecular flexibility index (Phi) is 5.00. The lowest BCUT2D eigenvalue weighted by Gasteiger charge is -2.29. The van der Waals surface area contributed by atoms with Crippen LogP contribution in [-0.2, 0) is 16.6 Å². The highest BCUT2D eigenvalue weighted by Gasteiger charge is 2.32. The number of anilines is 1. The van der Waals surface area contributed by atoms with Crippen molar-refractivity contribution < 1.29 is 4.79 Å². The summed E-state index contributed by atoms with van der Waals surface area (Å²) in [7, 11) is 1.95. The smallest absolute Gasteiger partial charge is 0.130 e. The summed E-state index contributed by atoms with van der Waals surface area (Å²) in [6.07, 6.45) is 10.0. The number of hydrazone groups is 1. The van der Waals surface area contributed by atoms with Crippen LogP contribution in [0.3, 0.4) is 0 Å². The number of allylic oxidation sites excluding steroid dienone is 1. The Morgan fingerprint density at radius 3 is 2.86 bits per heavy atom. The molecule has 2 aromatic rings. The van der Waals surface area contributed by atoms with Crippen LogP contribution in [0.15, 0.2) is 29.0 Å². The maximum Gasteiger partial charge on any atom is 0.130 e.